The van der Waals surface area contributed by atoms with E-state index in [0.717, 1.165) is 10.8 Å². The number of hydrogen-bond acceptors (Lipinski definition) is 9. The number of pyridine rings is 2. The fourth-order valence-electron chi connectivity index (χ4n) is 4.40. The van der Waals surface area contributed by atoms with Gasteiger partial charge >= 0.3 is 0 Å². The molecular formula is C22H22N6O4. The third-order valence-corrected chi connectivity index (χ3v) is 5.77. The van der Waals surface area contributed by atoms with Crippen molar-refractivity contribution >= 4 is 27.9 Å². The first-order valence-corrected chi connectivity index (χ1v) is 10.4. The van der Waals surface area contributed by atoms with Gasteiger partial charge in [-0.2, -0.15) is 4.98 Å². The van der Waals surface area contributed by atoms with Crippen LogP contribution in [-0.2, 0) is 14.2 Å². The van der Waals surface area contributed by atoms with Gasteiger partial charge in [-0.25, -0.2) is 15.0 Å². The van der Waals surface area contributed by atoms with Gasteiger partial charge in [0.15, 0.2) is 17.7 Å². The van der Waals surface area contributed by atoms with E-state index < -0.39 is 12.0 Å². The first kappa shape index (κ1) is 19.4. The monoisotopic (exact) mass is 434 g/mol. The van der Waals surface area contributed by atoms with Crippen LogP contribution in [0.1, 0.15) is 20.1 Å². The van der Waals surface area contributed by atoms with Gasteiger partial charge in [-0.15, -0.1) is 0 Å². The summed E-state index contributed by atoms with van der Waals surface area (Å²) in [6.07, 6.45) is 3.56. The van der Waals surface area contributed by atoms with E-state index in [1.165, 1.54) is 6.33 Å². The summed E-state index contributed by atoms with van der Waals surface area (Å²) in [6.45, 7) is 4.04. The fraction of sp³-hybridized carbons (Fsp3) is 0.364. The summed E-state index contributed by atoms with van der Waals surface area (Å²) in [5.41, 5.74) is 7.31. The first-order valence-electron chi connectivity index (χ1n) is 10.4. The molecule has 0 saturated carbocycles. The predicted molar refractivity (Wildman–Crippen MR) is 115 cm³/mol. The highest BCUT2D eigenvalue weighted by atomic mass is 16.8. The summed E-state index contributed by atoms with van der Waals surface area (Å²) >= 11 is 0. The van der Waals surface area contributed by atoms with Crippen molar-refractivity contribution in [2.75, 3.05) is 12.3 Å². The maximum atomic E-state index is 6.37. The van der Waals surface area contributed by atoms with Crippen molar-refractivity contribution in [2.45, 2.75) is 44.2 Å². The molecule has 2 fully saturated rings. The minimum absolute atomic E-state index is 0.249. The van der Waals surface area contributed by atoms with E-state index in [0.29, 0.717) is 23.0 Å². The quantitative estimate of drug-likeness (QED) is 0.516. The van der Waals surface area contributed by atoms with E-state index in [9.17, 15) is 0 Å². The van der Waals surface area contributed by atoms with Crippen molar-refractivity contribution in [1.82, 2.24) is 24.5 Å². The molecule has 6 rings (SSSR count). The maximum absolute atomic E-state index is 6.37. The van der Waals surface area contributed by atoms with Gasteiger partial charge in [0.1, 0.15) is 42.7 Å². The normalized spacial score (nSPS) is 26.6. The largest absolute Gasteiger partial charge is 0.475 e. The van der Waals surface area contributed by atoms with Crippen molar-refractivity contribution in [3.63, 3.8) is 0 Å². The summed E-state index contributed by atoms with van der Waals surface area (Å²) in [5.74, 6) is 0.158. The molecule has 4 atom stereocenters. The SMILES string of the molecule is CC1(C)O[C@@H]2[C@H](O1)[C@@H](COc1ccc3cccnc3n1)O[C@H]2n1ccc2c(N)ncnc21. The third kappa shape index (κ3) is 3.15. The molecule has 4 aromatic heterocycles. The number of nitrogens with zero attached hydrogens (tertiary/aromatic N) is 5. The zero-order chi connectivity index (χ0) is 21.9. The molecule has 0 amide bonds. The lowest BCUT2D eigenvalue weighted by Crippen LogP contribution is -2.34. The van der Waals surface area contributed by atoms with Crippen LogP contribution in [0.4, 0.5) is 5.82 Å². The molecule has 6 heterocycles. The molecule has 0 bridgehead atoms. The van der Waals surface area contributed by atoms with Gasteiger partial charge in [-0.1, -0.05) is 0 Å². The number of ether oxygens (including phenoxy) is 4. The standard InChI is InChI=1S/C22H22N6O4/c1-22(2)31-16-14(10-29-15-6-5-12-4-3-8-24-19(12)27-15)30-21(17(16)32-22)28-9-7-13-18(23)25-11-26-20(13)28/h3-9,11,14,16-17,21H,10H2,1-2H3,(H2,23,25,26)/t14-,16-,17-,21-/m1/s1. The summed E-state index contributed by atoms with van der Waals surface area (Å²) in [7, 11) is 0. The van der Waals surface area contributed by atoms with Crippen LogP contribution in [0.5, 0.6) is 5.88 Å². The van der Waals surface area contributed by atoms with Gasteiger partial charge in [-0.3, -0.25) is 0 Å². The lowest BCUT2D eigenvalue weighted by Gasteiger charge is -2.25. The lowest BCUT2D eigenvalue weighted by atomic mass is 10.1. The third-order valence-electron chi connectivity index (χ3n) is 5.77. The summed E-state index contributed by atoms with van der Waals surface area (Å²) in [4.78, 5) is 17.2. The molecule has 164 valence electrons. The predicted octanol–water partition coefficient (Wildman–Crippen LogP) is 2.45. The number of aromatic nitrogens is 5. The van der Waals surface area contributed by atoms with Crippen molar-refractivity contribution in [3.05, 3.63) is 49.1 Å². The maximum Gasteiger partial charge on any atom is 0.215 e. The molecule has 10 heteroatoms. The van der Waals surface area contributed by atoms with Crippen LogP contribution in [-0.4, -0.2) is 55.2 Å². The Labute approximate surface area is 183 Å². The number of rotatable bonds is 4. The van der Waals surface area contributed by atoms with Crippen LogP contribution >= 0.6 is 0 Å². The Balaban J connectivity index is 1.28. The van der Waals surface area contributed by atoms with E-state index in [-0.39, 0.29) is 24.9 Å². The van der Waals surface area contributed by atoms with Crippen molar-refractivity contribution in [2.24, 2.45) is 0 Å². The highest BCUT2D eigenvalue weighted by molar-refractivity contribution is 5.86. The molecule has 2 saturated heterocycles. The highest BCUT2D eigenvalue weighted by Crippen LogP contribution is 2.44. The molecule has 0 aliphatic carbocycles. The van der Waals surface area contributed by atoms with Crippen LogP contribution in [0, 0.1) is 0 Å². The average molecular weight is 434 g/mol. The van der Waals surface area contributed by atoms with Gasteiger partial charge in [0, 0.05) is 23.8 Å². The smallest absolute Gasteiger partial charge is 0.215 e. The van der Waals surface area contributed by atoms with Crippen LogP contribution in [0.25, 0.3) is 22.1 Å². The topological polar surface area (TPSA) is 119 Å². The minimum atomic E-state index is -0.738. The Kier molecular flexibility index (Phi) is 4.29. The zero-order valence-corrected chi connectivity index (χ0v) is 17.6. The molecular weight excluding hydrogens is 412 g/mol. The molecule has 2 aliphatic rings. The van der Waals surface area contributed by atoms with Gasteiger partial charge in [0.05, 0.1) is 5.39 Å². The second kappa shape index (κ2) is 7.09. The summed E-state index contributed by atoms with van der Waals surface area (Å²) in [6, 6.07) is 9.46. The molecule has 0 unspecified atom stereocenters. The van der Waals surface area contributed by atoms with E-state index in [2.05, 4.69) is 19.9 Å². The van der Waals surface area contributed by atoms with Crippen LogP contribution < -0.4 is 10.5 Å². The fourth-order valence-corrected chi connectivity index (χ4v) is 4.40. The number of nitrogen functional groups attached to an aromatic ring is 1. The van der Waals surface area contributed by atoms with E-state index in [4.69, 9.17) is 24.7 Å². The zero-order valence-electron chi connectivity index (χ0n) is 17.6. The van der Waals surface area contributed by atoms with Crippen LogP contribution in [0.3, 0.4) is 0 Å². The molecule has 2 N–H and O–H groups in total. The van der Waals surface area contributed by atoms with E-state index >= 15 is 0 Å². The molecule has 0 aromatic carbocycles. The van der Waals surface area contributed by atoms with Crippen LogP contribution in [0.15, 0.2) is 49.1 Å². The van der Waals surface area contributed by atoms with Gasteiger partial charge in [0.2, 0.25) is 5.88 Å². The minimum Gasteiger partial charge on any atom is -0.475 e. The number of hydrogen-bond donors (Lipinski definition) is 1. The lowest BCUT2D eigenvalue weighted by molar-refractivity contribution is -0.198. The Hall–Kier alpha value is -3.34. The summed E-state index contributed by atoms with van der Waals surface area (Å²) < 4.78 is 26.6. The highest BCUT2D eigenvalue weighted by Gasteiger charge is 2.56. The number of anilines is 1. The second-order valence-corrected chi connectivity index (χ2v) is 8.36. The summed E-state index contributed by atoms with van der Waals surface area (Å²) in [5, 5.41) is 1.71. The van der Waals surface area contributed by atoms with E-state index in [1.807, 2.05) is 54.9 Å². The number of fused-ring (bicyclic) bond motifs is 3. The average Bonchev–Trinajstić information content (AvgIpc) is 3.44. The van der Waals surface area contributed by atoms with Crippen molar-refractivity contribution in [1.29, 1.82) is 0 Å². The Morgan fingerprint density at radius 2 is 1.97 bits per heavy atom. The molecule has 10 nitrogen and oxygen atoms in total. The molecule has 2 aliphatic heterocycles. The first-order chi connectivity index (χ1) is 15.5. The second-order valence-electron chi connectivity index (χ2n) is 8.36. The molecule has 32 heavy (non-hydrogen) atoms. The Bertz CT molecular complexity index is 1310. The molecule has 0 radical (unpaired) electrons. The van der Waals surface area contributed by atoms with Crippen molar-refractivity contribution < 1.29 is 18.9 Å². The van der Waals surface area contributed by atoms with Crippen LogP contribution in [0.2, 0.25) is 0 Å². The molecule has 0 spiro atoms. The molecule has 4 aromatic rings. The Morgan fingerprint density at radius 3 is 2.88 bits per heavy atom. The van der Waals surface area contributed by atoms with Gasteiger partial charge < -0.3 is 29.2 Å². The van der Waals surface area contributed by atoms with Crippen molar-refractivity contribution in [3.8, 4) is 5.88 Å². The van der Waals surface area contributed by atoms with E-state index in [1.54, 1.807) is 6.20 Å². The number of nitrogens with two attached hydrogens (primary N) is 1. The van der Waals surface area contributed by atoms with Gasteiger partial charge in [0.25, 0.3) is 0 Å². The van der Waals surface area contributed by atoms with Gasteiger partial charge in [-0.05, 0) is 38.1 Å². The Morgan fingerprint density at radius 1 is 1.09 bits per heavy atom.